The Morgan fingerprint density at radius 1 is 0.763 bits per heavy atom. The van der Waals surface area contributed by atoms with Gasteiger partial charge in [-0.1, -0.05) is 31.5 Å². The highest BCUT2D eigenvalue weighted by atomic mass is 19.2. The second-order valence-electron chi connectivity index (χ2n) is 11.4. The molecule has 0 saturated heterocycles. The minimum absolute atomic E-state index is 0.00666. The zero-order chi connectivity index (χ0) is 27.2. The van der Waals surface area contributed by atoms with E-state index >= 15 is 8.78 Å². The Hall–Kier alpha value is -2.08. The molecule has 0 bridgehead atoms. The van der Waals surface area contributed by atoms with E-state index in [1.807, 2.05) is 0 Å². The van der Waals surface area contributed by atoms with Gasteiger partial charge < -0.3 is 9.84 Å². The molecular weight excluding hydrogens is 492 g/mol. The minimum Gasteiger partial charge on any atom is -0.491 e. The fourth-order valence-corrected chi connectivity index (χ4v) is 6.71. The minimum atomic E-state index is -0.934. The van der Waals surface area contributed by atoms with E-state index in [0.717, 1.165) is 70.6 Å². The third kappa shape index (κ3) is 6.55. The van der Waals surface area contributed by atoms with Crippen LogP contribution in [0.15, 0.2) is 24.3 Å². The van der Waals surface area contributed by atoms with Gasteiger partial charge in [-0.3, -0.25) is 0 Å². The monoisotopic (exact) mass is 534 g/mol. The van der Waals surface area contributed by atoms with Crippen molar-refractivity contribution in [2.75, 3.05) is 6.61 Å². The standard InChI is InChI=1S/C32H42F4O2/c1-3-5-27(37)23-14-12-22(13-15-23)26-18-17-25(30(34)31(26)35)21-9-6-20(7-10-21)8-11-24-16-19-28(38-4-2)32(36)29(24)33/h16-23,27,37H,3-15H2,1-2H3. The van der Waals surface area contributed by atoms with Crippen molar-refractivity contribution in [3.05, 3.63) is 64.2 Å². The lowest BCUT2D eigenvalue weighted by Crippen LogP contribution is -2.25. The Morgan fingerprint density at radius 2 is 1.34 bits per heavy atom. The molecule has 2 aromatic carbocycles. The van der Waals surface area contributed by atoms with Crippen molar-refractivity contribution in [3.63, 3.8) is 0 Å². The van der Waals surface area contributed by atoms with Gasteiger partial charge in [-0.15, -0.1) is 0 Å². The fourth-order valence-electron chi connectivity index (χ4n) is 6.71. The zero-order valence-electron chi connectivity index (χ0n) is 22.8. The molecule has 1 unspecified atom stereocenters. The van der Waals surface area contributed by atoms with Crippen molar-refractivity contribution in [1.29, 1.82) is 0 Å². The number of aliphatic hydroxyl groups excluding tert-OH is 1. The molecule has 4 rings (SSSR count). The Kier molecular flexibility index (Phi) is 10.1. The van der Waals surface area contributed by atoms with Crippen LogP contribution in [-0.4, -0.2) is 17.8 Å². The molecule has 0 amide bonds. The van der Waals surface area contributed by atoms with Crippen molar-refractivity contribution >= 4 is 0 Å². The lowest BCUT2D eigenvalue weighted by Gasteiger charge is -2.32. The number of rotatable bonds is 10. The van der Waals surface area contributed by atoms with E-state index < -0.39 is 23.3 Å². The summed E-state index contributed by atoms with van der Waals surface area (Å²) in [5, 5.41) is 10.3. The summed E-state index contributed by atoms with van der Waals surface area (Å²) < 4.78 is 64.2. The van der Waals surface area contributed by atoms with Crippen LogP contribution >= 0.6 is 0 Å². The molecule has 2 nitrogen and oxygen atoms in total. The zero-order valence-corrected chi connectivity index (χ0v) is 22.8. The summed E-state index contributed by atoms with van der Waals surface area (Å²) in [6.45, 7) is 4.06. The van der Waals surface area contributed by atoms with Crippen LogP contribution in [0.2, 0.25) is 0 Å². The van der Waals surface area contributed by atoms with E-state index in [4.69, 9.17) is 4.74 Å². The van der Waals surface area contributed by atoms with E-state index in [0.29, 0.717) is 29.0 Å². The van der Waals surface area contributed by atoms with Gasteiger partial charge in [-0.05, 0) is 124 Å². The van der Waals surface area contributed by atoms with Crippen molar-refractivity contribution in [3.8, 4) is 5.75 Å². The predicted molar refractivity (Wildman–Crippen MR) is 143 cm³/mol. The molecule has 2 aliphatic rings. The third-order valence-corrected chi connectivity index (χ3v) is 9.02. The number of ether oxygens (including phenoxy) is 1. The molecule has 0 heterocycles. The summed E-state index contributed by atoms with van der Waals surface area (Å²) >= 11 is 0. The van der Waals surface area contributed by atoms with Crippen LogP contribution in [0.1, 0.15) is 113 Å². The molecule has 0 spiro atoms. The second-order valence-corrected chi connectivity index (χ2v) is 11.4. The highest BCUT2D eigenvalue weighted by molar-refractivity contribution is 5.33. The van der Waals surface area contributed by atoms with Crippen LogP contribution in [-0.2, 0) is 6.42 Å². The molecule has 210 valence electrons. The van der Waals surface area contributed by atoms with Gasteiger partial charge in [0.25, 0.3) is 0 Å². The fraction of sp³-hybridized carbons (Fsp3) is 0.625. The van der Waals surface area contributed by atoms with Crippen LogP contribution in [0.3, 0.4) is 0 Å². The topological polar surface area (TPSA) is 29.5 Å². The lowest BCUT2D eigenvalue weighted by atomic mass is 9.74. The number of halogens is 4. The first-order chi connectivity index (χ1) is 18.3. The quantitative estimate of drug-likeness (QED) is 0.308. The molecule has 2 aliphatic carbocycles. The first-order valence-electron chi connectivity index (χ1n) is 14.6. The first-order valence-corrected chi connectivity index (χ1v) is 14.6. The molecule has 0 radical (unpaired) electrons. The van der Waals surface area contributed by atoms with Gasteiger partial charge in [-0.25, -0.2) is 13.2 Å². The van der Waals surface area contributed by atoms with E-state index in [1.165, 1.54) is 6.07 Å². The first kappa shape index (κ1) is 28.9. The molecule has 2 fully saturated rings. The third-order valence-electron chi connectivity index (χ3n) is 9.02. The van der Waals surface area contributed by atoms with E-state index in [2.05, 4.69) is 6.92 Å². The number of hydrogen-bond acceptors (Lipinski definition) is 2. The molecule has 1 atom stereocenters. The van der Waals surface area contributed by atoms with Crippen molar-refractivity contribution < 1.29 is 27.4 Å². The maximum absolute atomic E-state index is 15.2. The molecule has 2 saturated carbocycles. The van der Waals surface area contributed by atoms with Crippen molar-refractivity contribution in [2.45, 2.75) is 109 Å². The van der Waals surface area contributed by atoms with Crippen molar-refractivity contribution in [1.82, 2.24) is 0 Å². The smallest absolute Gasteiger partial charge is 0.200 e. The summed E-state index contributed by atoms with van der Waals surface area (Å²) in [5.41, 5.74) is 1.30. The van der Waals surface area contributed by atoms with E-state index in [-0.39, 0.29) is 36.2 Å². The summed E-state index contributed by atoms with van der Waals surface area (Å²) in [6, 6.07) is 6.65. The normalized spacial score (nSPS) is 24.8. The maximum Gasteiger partial charge on any atom is 0.200 e. The van der Waals surface area contributed by atoms with Gasteiger partial charge in [0.1, 0.15) is 0 Å². The van der Waals surface area contributed by atoms with Crippen LogP contribution in [0.4, 0.5) is 17.6 Å². The molecule has 38 heavy (non-hydrogen) atoms. The van der Waals surface area contributed by atoms with Crippen LogP contribution in [0.5, 0.6) is 5.75 Å². The number of aliphatic hydroxyl groups is 1. The van der Waals surface area contributed by atoms with Gasteiger partial charge in [0, 0.05) is 0 Å². The Labute approximate surface area is 224 Å². The van der Waals surface area contributed by atoms with Gasteiger partial charge >= 0.3 is 0 Å². The molecular formula is C32H42F4O2. The Bertz CT molecular complexity index is 1060. The Balaban J connectivity index is 1.31. The van der Waals surface area contributed by atoms with Crippen molar-refractivity contribution in [2.24, 2.45) is 11.8 Å². The van der Waals surface area contributed by atoms with Gasteiger partial charge in [-0.2, -0.15) is 4.39 Å². The SMILES string of the molecule is CCCC(O)C1CCC(c2ccc(C3CCC(CCc4ccc(OCC)c(F)c4F)CC3)c(F)c2F)CC1. The van der Waals surface area contributed by atoms with Crippen LogP contribution in [0, 0.1) is 35.1 Å². The summed E-state index contributed by atoms with van der Waals surface area (Å²) in [7, 11) is 0. The summed E-state index contributed by atoms with van der Waals surface area (Å²) in [6.07, 6.45) is 9.16. The summed E-state index contributed by atoms with van der Waals surface area (Å²) in [4.78, 5) is 0. The molecule has 0 aliphatic heterocycles. The van der Waals surface area contributed by atoms with Crippen LogP contribution < -0.4 is 4.74 Å². The number of benzene rings is 2. The average Bonchev–Trinajstić information content (AvgIpc) is 2.93. The molecule has 1 N–H and O–H groups in total. The lowest BCUT2D eigenvalue weighted by molar-refractivity contribution is 0.0727. The maximum atomic E-state index is 15.2. The van der Waals surface area contributed by atoms with Gasteiger partial charge in [0.2, 0.25) is 5.82 Å². The molecule has 6 heteroatoms. The van der Waals surface area contributed by atoms with E-state index in [1.54, 1.807) is 25.1 Å². The largest absolute Gasteiger partial charge is 0.491 e. The highest BCUT2D eigenvalue weighted by Gasteiger charge is 2.31. The van der Waals surface area contributed by atoms with Gasteiger partial charge in [0.05, 0.1) is 12.7 Å². The average molecular weight is 535 g/mol. The predicted octanol–water partition coefficient (Wildman–Crippen LogP) is 8.98. The van der Waals surface area contributed by atoms with E-state index in [9.17, 15) is 13.9 Å². The van der Waals surface area contributed by atoms with Gasteiger partial charge in [0.15, 0.2) is 23.2 Å². The van der Waals surface area contributed by atoms with Crippen LogP contribution in [0.25, 0.3) is 0 Å². The molecule has 0 aromatic heterocycles. The number of aryl methyl sites for hydroxylation is 1. The highest BCUT2D eigenvalue weighted by Crippen LogP contribution is 2.43. The molecule has 2 aromatic rings. The second kappa shape index (κ2) is 13.3. The summed E-state index contributed by atoms with van der Waals surface area (Å²) in [5.74, 6) is -2.64. The Morgan fingerprint density at radius 3 is 1.89 bits per heavy atom. The number of hydrogen-bond donors (Lipinski definition) is 1.